The summed E-state index contributed by atoms with van der Waals surface area (Å²) in [5, 5.41) is 41.3. The molecule has 20 heteroatoms. The standard InChI is InChI=1S/C47H84O16P2.2H3N/c1-3-5-7-9-11-13-15-17-19-20-22-24-26-28-30-32-34-36-41(49)61-39(37-59-40(48)35-33-31-29-27-25-23-21-18-16-14-12-10-8-6-4-2)38-60-65(57,58)63-47-44(52)42(50)46(43(51)45(47)53)62-64(54,55)56;;/h11,13,17,19,22,24,28,30,39,42-47,50-53H,3-10,12,14-16,18,20-21,23,25-27,29,31-38H2,1-2H3,(H,57,58)(H2,54,55,56);2*1H3/b13-11-,19-17-,24-22-,30-28-;;/t39-,42+,43?,44?,45?,46?,47?;;/m1../s1. The molecule has 1 aliphatic rings. The topological polar surface area (TPSA) is 335 Å². The average molecular weight is 1000 g/mol. The van der Waals surface area contributed by atoms with Gasteiger partial charge in [-0.1, -0.05) is 165 Å². The molecule has 1 rings (SSSR count). The molecule has 18 nitrogen and oxygen atoms in total. The van der Waals surface area contributed by atoms with Crippen LogP contribution in [-0.2, 0) is 41.8 Å². The molecule has 0 aromatic rings. The number of esters is 2. The zero-order chi connectivity index (χ0) is 48.2. The molecule has 13 N–H and O–H groups in total. The molecule has 67 heavy (non-hydrogen) atoms. The second kappa shape index (κ2) is 41.6. The van der Waals surface area contributed by atoms with Crippen LogP contribution < -0.4 is 22.1 Å². The van der Waals surface area contributed by atoms with Crippen LogP contribution in [0.15, 0.2) is 48.6 Å². The van der Waals surface area contributed by atoms with Gasteiger partial charge in [0.25, 0.3) is 15.6 Å². The Morgan fingerprint density at radius 1 is 0.522 bits per heavy atom. The minimum absolute atomic E-state index is 0. The van der Waals surface area contributed by atoms with Crippen LogP contribution in [0.4, 0.5) is 0 Å². The van der Waals surface area contributed by atoms with Crippen molar-refractivity contribution < 1.29 is 76.9 Å². The fourth-order valence-corrected chi connectivity index (χ4v) is 8.64. The van der Waals surface area contributed by atoms with Crippen molar-refractivity contribution in [2.45, 2.75) is 224 Å². The Balaban J connectivity index is 0. The Bertz CT molecular complexity index is 1450. The molecular formula is C47H90N2O16P2. The summed E-state index contributed by atoms with van der Waals surface area (Å²) in [5.41, 5.74) is 0. The van der Waals surface area contributed by atoms with Gasteiger partial charge >= 0.3 is 11.9 Å². The van der Waals surface area contributed by atoms with Crippen molar-refractivity contribution in [1.29, 1.82) is 0 Å². The highest BCUT2D eigenvalue weighted by atomic mass is 31.2. The van der Waals surface area contributed by atoms with Crippen LogP contribution in [0.5, 0.6) is 0 Å². The van der Waals surface area contributed by atoms with E-state index in [1.807, 2.05) is 12.2 Å². The van der Waals surface area contributed by atoms with E-state index in [1.54, 1.807) is 0 Å². The SMILES string of the molecule is CCCCC/C=C\C/C=C\C/C=C\C/C=C\CCCC(=O)O[C@H](COC(=O)CCCCCCCCCCCCCCCCC)COP(=O)([O-])OC1C(O)C(O)C(OP(=O)([O-])O)[C@@H](O)C1O.[NH4+].[NH4+]. The number of aliphatic hydroxyl groups is 4. The summed E-state index contributed by atoms with van der Waals surface area (Å²) >= 11 is 0. The summed E-state index contributed by atoms with van der Waals surface area (Å²) in [6.07, 6.45) is 27.2. The Kier molecular flexibility index (Phi) is 41.6. The van der Waals surface area contributed by atoms with Gasteiger partial charge in [-0.25, -0.2) is 0 Å². The molecule has 1 saturated carbocycles. The number of allylic oxidation sites excluding steroid dienone is 8. The number of carbonyl (C=O) groups excluding carboxylic acids is 2. The number of quaternary nitrogens is 2. The molecule has 1 fully saturated rings. The lowest BCUT2D eigenvalue weighted by atomic mass is 9.85. The summed E-state index contributed by atoms with van der Waals surface area (Å²) in [7, 11) is -11.1. The van der Waals surface area contributed by atoms with Crippen LogP contribution in [0.25, 0.3) is 0 Å². The van der Waals surface area contributed by atoms with E-state index in [-0.39, 0.29) is 25.1 Å². The number of hydrogen-bond acceptors (Lipinski definition) is 15. The molecule has 0 bridgehead atoms. The normalized spacial score (nSPS) is 22.1. The van der Waals surface area contributed by atoms with Crippen LogP contribution in [0.1, 0.15) is 181 Å². The number of phosphoric ester groups is 2. The first-order valence-corrected chi connectivity index (χ1v) is 27.1. The maximum atomic E-state index is 12.8. The lowest BCUT2D eigenvalue weighted by molar-refractivity contribution is -0.271. The van der Waals surface area contributed by atoms with Crippen LogP contribution in [-0.4, -0.2) is 93.2 Å². The van der Waals surface area contributed by atoms with Crippen molar-refractivity contribution in [3.63, 3.8) is 0 Å². The summed E-state index contributed by atoms with van der Waals surface area (Å²) in [6.45, 7) is 2.96. The number of ether oxygens (including phenoxy) is 2. The fourth-order valence-electron chi connectivity index (χ4n) is 7.12. The third-order valence-electron chi connectivity index (χ3n) is 10.9. The molecule has 0 aliphatic heterocycles. The van der Waals surface area contributed by atoms with E-state index in [4.69, 9.17) is 23.4 Å². The zero-order valence-corrected chi connectivity index (χ0v) is 42.9. The highest BCUT2D eigenvalue weighted by Gasteiger charge is 2.52. The minimum Gasteiger partial charge on any atom is -0.756 e. The van der Waals surface area contributed by atoms with Crippen LogP contribution in [0, 0.1) is 0 Å². The van der Waals surface area contributed by atoms with Crippen LogP contribution in [0.2, 0.25) is 0 Å². The molecule has 1 aliphatic carbocycles. The van der Waals surface area contributed by atoms with E-state index in [2.05, 4.69) is 54.8 Å². The summed E-state index contributed by atoms with van der Waals surface area (Å²) in [6, 6.07) is 0. The number of carbonyl (C=O) groups is 2. The first-order chi connectivity index (χ1) is 31.1. The Labute approximate surface area is 401 Å². The maximum absolute atomic E-state index is 12.8. The number of unbranched alkanes of at least 4 members (excludes halogenated alkanes) is 18. The Morgan fingerprint density at radius 2 is 0.896 bits per heavy atom. The number of aliphatic hydroxyl groups excluding tert-OH is 4. The molecule has 0 saturated heterocycles. The van der Waals surface area contributed by atoms with Gasteiger partial charge in [-0.05, 0) is 51.4 Å². The molecule has 0 aromatic heterocycles. The predicted octanol–water partition coefficient (Wildman–Crippen LogP) is 8.77. The van der Waals surface area contributed by atoms with Gasteiger partial charge in [0.2, 0.25) is 0 Å². The summed E-state index contributed by atoms with van der Waals surface area (Å²) in [4.78, 5) is 58.3. The molecule has 0 radical (unpaired) electrons. The molecule has 0 amide bonds. The molecule has 0 spiro atoms. The first-order valence-electron chi connectivity index (χ1n) is 24.1. The van der Waals surface area contributed by atoms with Crippen molar-refractivity contribution in [2.24, 2.45) is 0 Å². The third kappa shape index (κ3) is 35.6. The van der Waals surface area contributed by atoms with E-state index in [0.29, 0.717) is 19.3 Å². The minimum atomic E-state index is -5.58. The summed E-state index contributed by atoms with van der Waals surface area (Å²) in [5.74, 6) is -1.30. The highest BCUT2D eigenvalue weighted by Crippen LogP contribution is 2.45. The second-order valence-electron chi connectivity index (χ2n) is 16.8. The van der Waals surface area contributed by atoms with E-state index in [9.17, 15) is 48.9 Å². The van der Waals surface area contributed by atoms with Gasteiger partial charge < -0.3 is 70.5 Å². The monoisotopic (exact) mass is 1000 g/mol. The molecular weight excluding hydrogens is 910 g/mol. The van der Waals surface area contributed by atoms with E-state index in [0.717, 1.165) is 51.4 Å². The van der Waals surface area contributed by atoms with Gasteiger partial charge in [-0.2, -0.15) is 0 Å². The van der Waals surface area contributed by atoms with Gasteiger partial charge in [0.05, 0.1) is 6.61 Å². The number of rotatable bonds is 40. The molecule has 9 atom stereocenters. The van der Waals surface area contributed by atoms with Gasteiger partial charge in [-0.3, -0.25) is 18.7 Å². The lowest BCUT2D eigenvalue weighted by Gasteiger charge is -2.45. The van der Waals surface area contributed by atoms with Crippen molar-refractivity contribution in [3.05, 3.63) is 48.6 Å². The predicted molar refractivity (Wildman–Crippen MR) is 258 cm³/mol. The van der Waals surface area contributed by atoms with Crippen molar-refractivity contribution in [2.75, 3.05) is 13.2 Å². The van der Waals surface area contributed by atoms with Crippen LogP contribution >= 0.6 is 15.6 Å². The van der Waals surface area contributed by atoms with Gasteiger partial charge in [0, 0.05) is 12.8 Å². The van der Waals surface area contributed by atoms with Crippen molar-refractivity contribution in [3.8, 4) is 0 Å². The summed E-state index contributed by atoms with van der Waals surface area (Å²) < 4.78 is 48.4. The first kappa shape index (κ1) is 67.0. The van der Waals surface area contributed by atoms with E-state index >= 15 is 0 Å². The second-order valence-corrected chi connectivity index (χ2v) is 19.3. The number of phosphoric acid groups is 2. The van der Waals surface area contributed by atoms with Crippen LogP contribution in [0.3, 0.4) is 0 Å². The van der Waals surface area contributed by atoms with E-state index in [1.165, 1.54) is 83.5 Å². The fraction of sp³-hybridized carbons (Fsp3) is 0.787. The third-order valence-corrected chi connectivity index (χ3v) is 12.4. The Morgan fingerprint density at radius 3 is 1.34 bits per heavy atom. The average Bonchev–Trinajstić information content (AvgIpc) is 3.26. The molecule has 0 aromatic carbocycles. The molecule has 394 valence electrons. The van der Waals surface area contributed by atoms with Gasteiger partial charge in [0.1, 0.15) is 43.2 Å². The van der Waals surface area contributed by atoms with Gasteiger partial charge in [0.15, 0.2) is 6.10 Å². The number of hydrogen-bond donors (Lipinski definition) is 7. The van der Waals surface area contributed by atoms with Crippen molar-refractivity contribution >= 4 is 27.6 Å². The smallest absolute Gasteiger partial charge is 0.306 e. The van der Waals surface area contributed by atoms with E-state index < -0.39 is 83.5 Å². The highest BCUT2D eigenvalue weighted by molar-refractivity contribution is 7.46. The maximum Gasteiger partial charge on any atom is 0.306 e. The Hall–Kier alpha value is -2.12. The van der Waals surface area contributed by atoms with Crippen molar-refractivity contribution in [1.82, 2.24) is 12.3 Å². The largest absolute Gasteiger partial charge is 0.756 e. The lowest BCUT2D eigenvalue weighted by Crippen LogP contribution is -2.64. The molecule has 7 unspecified atom stereocenters. The quantitative estimate of drug-likeness (QED) is 0.0130. The molecule has 0 heterocycles. The van der Waals surface area contributed by atoms with Gasteiger partial charge in [-0.15, -0.1) is 0 Å². The zero-order valence-electron chi connectivity index (χ0n) is 41.1.